The molecule has 0 saturated carbocycles. The lowest BCUT2D eigenvalue weighted by molar-refractivity contribution is 0.338. The highest BCUT2D eigenvalue weighted by Crippen LogP contribution is 2.23. The Morgan fingerprint density at radius 1 is 1.35 bits per heavy atom. The van der Waals surface area contributed by atoms with Crippen molar-refractivity contribution in [3.05, 3.63) is 29.6 Å². The molecule has 2 N–H and O–H groups in total. The van der Waals surface area contributed by atoms with Gasteiger partial charge in [0.05, 0.1) is 7.11 Å². The van der Waals surface area contributed by atoms with Crippen molar-refractivity contribution in [2.45, 2.75) is 39.7 Å². The van der Waals surface area contributed by atoms with Crippen LogP contribution in [0.4, 0.5) is 4.39 Å². The van der Waals surface area contributed by atoms with Gasteiger partial charge >= 0.3 is 0 Å². The average Bonchev–Trinajstić information content (AvgIpc) is 2.14. The standard InChI is InChI=1S/C14H22FNO/c1-14(2,3)9-11(16)7-10-5-6-13(17-4)12(15)8-10/h5-6,8,11H,7,9,16H2,1-4H3. The van der Waals surface area contributed by atoms with Crippen LogP contribution in [-0.4, -0.2) is 13.2 Å². The topological polar surface area (TPSA) is 35.2 Å². The SMILES string of the molecule is COc1ccc(CC(N)CC(C)(C)C)cc1F. The van der Waals surface area contributed by atoms with E-state index in [4.69, 9.17) is 10.5 Å². The number of hydrogen-bond acceptors (Lipinski definition) is 2. The van der Waals surface area contributed by atoms with E-state index in [1.54, 1.807) is 6.07 Å². The molecular weight excluding hydrogens is 217 g/mol. The van der Waals surface area contributed by atoms with E-state index in [1.165, 1.54) is 13.2 Å². The first-order valence-electron chi connectivity index (χ1n) is 5.90. The molecule has 1 rings (SSSR count). The zero-order valence-corrected chi connectivity index (χ0v) is 11.1. The molecule has 0 bridgehead atoms. The molecule has 0 aliphatic heterocycles. The summed E-state index contributed by atoms with van der Waals surface area (Å²) < 4.78 is 18.4. The Kier molecular flexibility index (Phi) is 4.52. The highest BCUT2D eigenvalue weighted by molar-refractivity contribution is 5.29. The smallest absolute Gasteiger partial charge is 0.165 e. The maximum atomic E-state index is 13.5. The first kappa shape index (κ1) is 14.0. The fourth-order valence-electron chi connectivity index (χ4n) is 2.00. The number of hydrogen-bond donors (Lipinski definition) is 1. The summed E-state index contributed by atoms with van der Waals surface area (Å²) in [6, 6.07) is 5.07. The maximum Gasteiger partial charge on any atom is 0.165 e. The monoisotopic (exact) mass is 239 g/mol. The summed E-state index contributed by atoms with van der Waals surface area (Å²) in [5, 5.41) is 0. The zero-order chi connectivity index (χ0) is 13.1. The third kappa shape index (κ3) is 4.73. The van der Waals surface area contributed by atoms with Crippen LogP contribution in [-0.2, 0) is 6.42 Å². The van der Waals surface area contributed by atoms with Crippen LogP contribution in [0.5, 0.6) is 5.75 Å². The van der Waals surface area contributed by atoms with E-state index < -0.39 is 0 Å². The Hall–Kier alpha value is -1.09. The van der Waals surface area contributed by atoms with E-state index in [-0.39, 0.29) is 23.0 Å². The Morgan fingerprint density at radius 3 is 2.47 bits per heavy atom. The van der Waals surface area contributed by atoms with Gasteiger partial charge in [-0.25, -0.2) is 4.39 Å². The van der Waals surface area contributed by atoms with Gasteiger partial charge in [-0.1, -0.05) is 26.8 Å². The Morgan fingerprint density at radius 2 is 2.00 bits per heavy atom. The second-order valence-corrected chi connectivity index (χ2v) is 5.70. The molecule has 2 nitrogen and oxygen atoms in total. The van der Waals surface area contributed by atoms with Crippen LogP contribution in [0, 0.1) is 11.2 Å². The quantitative estimate of drug-likeness (QED) is 0.876. The van der Waals surface area contributed by atoms with Crippen LogP contribution in [0.2, 0.25) is 0 Å². The Bertz CT molecular complexity index is 371. The Labute approximate surface area is 103 Å². The van der Waals surface area contributed by atoms with E-state index in [9.17, 15) is 4.39 Å². The van der Waals surface area contributed by atoms with Gasteiger partial charge in [0.25, 0.3) is 0 Å². The summed E-state index contributed by atoms with van der Waals surface area (Å²) in [5.74, 6) is -0.0499. The summed E-state index contributed by atoms with van der Waals surface area (Å²) in [6.07, 6.45) is 1.61. The largest absolute Gasteiger partial charge is 0.494 e. The summed E-state index contributed by atoms with van der Waals surface area (Å²) >= 11 is 0. The van der Waals surface area contributed by atoms with Crippen LogP contribution in [0.1, 0.15) is 32.8 Å². The van der Waals surface area contributed by atoms with Gasteiger partial charge in [-0.3, -0.25) is 0 Å². The van der Waals surface area contributed by atoms with Crippen molar-refractivity contribution in [2.24, 2.45) is 11.1 Å². The van der Waals surface area contributed by atoms with Gasteiger partial charge in [-0.2, -0.15) is 0 Å². The second-order valence-electron chi connectivity index (χ2n) is 5.70. The maximum absolute atomic E-state index is 13.5. The number of halogens is 1. The lowest BCUT2D eigenvalue weighted by atomic mass is 9.86. The molecule has 0 aliphatic rings. The molecular formula is C14H22FNO. The molecule has 0 radical (unpaired) electrons. The van der Waals surface area contributed by atoms with Gasteiger partial charge in [-0.15, -0.1) is 0 Å². The van der Waals surface area contributed by atoms with E-state index >= 15 is 0 Å². The van der Waals surface area contributed by atoms with Crippen LogP contribution < -0.4 is 10.5 Å². The summed E-state index contributed by atoms with van der Waals surface area (Å²) in [4.78, 5) is 0. The summed E-state index contributed by atoms with van der Waals surface area (Å²) in [5.41, 5.74) is 7.17. The van der Waals surface area contributed by atoms with E-state index in [0.29, 0.717) is 6.42 Å². The lowest BCUT2D eigenvalue weighted by Crippen LogP contribution is -2.28. The van der Waals surface area contributed by atoms with Crippen molar-refractivity contribution in [1.29, 1.82) is 0 Å². The van der Waals surface area contributed by atoms with Crippen molar-refractivity contribution in [3.8, 4) is 5.75 Å². The molecule has 0 aliphatic carbocycles. The minimum Gasteiger partial charge on any atom is -0.494 e. The van der Waals surface area contributed by atoms with Crippen molar-refractivity contribution in [3.63, 3.8) is 0 Å². The van der Waals surface area contributed by atoms with Crippen LogP contribution in [0.25, 0.3) is 0 Å². The van der Waals surface area contributed by atoms with Crippen molar-refractivity contribution < 1.29 is 9.13 Å². The van der Waals surface area contributed by atoms with Crippen LogP contribution >= 0.6 is 0 Å². The molecule has 3 heteroatoms. The molecule has 0 amide bonds. The number of ether oxygens (including phenoxy) is 1. The first-order valence-corrected chi connectivity index (χ1v) is 5.90. The number of rotatable bonds is 4. The van der Waals surface area contributed by atoms with Crippen LogP contribution in [0.15, 0.2) is 18.2 Å². The number of methoxy groups -OCH3 is 1. The van der Waals surface area contributed by atoms with Gasteiger partial charge in [0.2, 0.25) is 0 Å². The third-order valence-corrected chi connectivity index (χ3v) is 2.59. The minimum absolute atomic E-state index is 0.0581. The second kappa shape index (κ2) is 5.50. The molecule has 0 fully saturated rings. The molecule has 1 aromatic carbocycles. The predicted molar refractivity (Wildman–Crippen MR) is 68.7 cm³/mol. The van der Waals surface area contributed by atoms with Gasteiger partial charge in [0.15, 0.2) is 11.6 Å². The summed E-state index contributed by atoms with van der Waals surface area (Å²) in [6.45, 7) is 6.46. The molecule has 96 valence electrons. The van der Waals surface area contributed by atoms with Crippen LogP contribution in [0.3, 0.4) is 0 Å². The van der Waals surface area contributed by atoms with Crippen molar-refractivity contribution in [1.82, 2.24) is 0 Å². The molecule has 0 saturated heterocycles. The van der Waals surface area contributed by atoms with E-state index in [1.807, 2.05) is 6.07 Å². The fourth-order valence-corrected chi connectivity index (χ4v) is 2.00. The Balaban J connectivity index is 2.66. The van der Waals surface area contributed by atoms with Crippen molar-refractivity contribution in [2.75, 3.05) is 7.11 Å². The van der Waals surface area contributed by atoms with Gasteiger partial charge in [0.1, 0.15) is 0 Å². The number of nitrogens with two attached hydrogens (primary N) is 1. The summed E-state index contributed by atoms with van der Waals surface area (Å²) in [7, 11) is 1.46. The van der Waals surface area contributed by atoms with E-state index in [2.05, 4.69) is 20.8 Å². The minimum atomic E-state index is -0.326. The van der Waals surface area contributed by atoms with E-state index in [0.717, 1.165) is 12.0 Å². The molecule has 17 heavy (non-hydrogen) atoms. The van der Waals surface area contributed by atoms with Gasteiger partial charge < -0.3 is 10.5 Å². The average molecular weight is 239 g/mol. The zero-order valence-electron chi connectivity index (χ0n) is 11.1. The highest BCUT2D eigenvalue weighted by Gasteiger charge is 2.16. The van der Waals surface area contributed by atoms with Crippen molar-refractivity contribution >= 4 is 0 Å². The molecule has 1 aromatic rings. The lowest BCUT2D eigenvalue weighted by Gasteiger charge is -2.23. The molecule has 1 atom stereocenters. The fraction of sp³-hybridized carbons (Fsp3) is 0.571. The molecule has 0 spiro atoms. The van der Waals surface area contributed by atoms with Gasteiger partial charge in [0, 0.05) is 6.04 Å². The molecule has 0 aromatic heterocycles. The normalized spacial score (nSPS) is 13.5. The third-order valence-electron chi connectivity index (χ3n) is 2.59. The highest BCUT2D eigenvalue weighted by atomic mass is 19.1. The number of benzene rings is 1. The molecule has 1 unspecified atom stereocenters. The van der Waals surface area contributed by atoms with Gasteiger partial charge in [-0.05, 0) is 36.0 Å². The first-order chi connectivity index (χ1) is 7.81. The predicted octanol–water partition coefficient (Wildman–Crippen LogP) is 3.14. The molecule has 0 heterocycles.